The molecule has 4 heteroatoms. The Morgan fingerprint density at radius 3 is 3.00 bits per heavy atom. The van der Waals surface area contributed by atoms with Crippen molar-refractivity contribution in [2.75, 3.05) is 19.7 Å². The summed E-state index contributed by atoms with van der Waals surface area (Å²) in [6.07, 6.45) is 3.12. The van der Waals surface area contributed by atoms with E-state index in [9.17, 15) is 4.79 Å². The van der Waals surface area contributed by atoms with Gasteiger partial charge >= 0.3 is 0 Å². The Hall–Kier alpha value is -1.55. The quantitative estimate of drug-likeness (QED) is 0.868. The lowest BCUT2D eigenvalue weighted by Crippen LogP contribution is -2.37. The highest BCUT2D eigenvalue weighted by atomic mass is 16.5. The average molecular weight is 246 g/mol. The molecule has 1 amide bonds. The molecule has 0 spiro atoms. The number of nitrogens with two attached hydrogens (primary N) is 1. The molecular weight excluding hydrogens is 228 g/mol. The lowest BCUT2D eigenvalue weighted by atomic mass is 10.1. The van der Waals surface area contributed by atoms with E-state index in [0.717, 1.165) is 42.7 Å². The van der Waals surface area contributed by atoms with Crippen molar-refractivity contribution in [3.8, 4) is 5.75 Å². The predicted octanol–water partition coefficient (Wildman–Crippen LogP) is 1.18. The van der Waals surface area contributed by atoms with Crippen LogP contribution in [0.5, 0.6) is 5.75 Å². The lowest BCUT2D eigenvalue weighted by Gasteiger charge is -2.21. The van der Waals surface area contributed by atoms with Gasteiger partial charge in [-0.05, 0) is 36.6 Å². The Balaban J connectivity index is 1.82. The summed E-state index contributed by atoms with van der Waals surface area (Å²) < 4.78 is 5.46. The van der Waals surface area contributed by atoms with Crippen LogP contribution in [0.1, 0.15) is 28.8 Å². The molecule has 1 saturated carbocycles. The van der Waals surface area contributed by atoms with Crippen molar-refractivity contribution in [2.24, 2.45) is 5.73 Å². The van der Waals surface area contributed by atoms with Gasteiger partial charge in [0.05, 0.1) is 6.61 Å². The minimum Gasteiger partial charge on any atom is -0.493 e. The normalized spacial score (nSPS) is 17.2. The average Bonchev–Trinajstić information content (AvgIpc) is 3.12. The van der Waals surface area contributed by atoms with Crippen molar-refractivity contribution < 1.29 is 9.53 Å². The zero-order valence-electron chi connectivity index (χ0n) is 10.4. The standard InChI is InChI=1S/C14H18N2O2/c15-6-7-16(12-2-3-12)14(17)11-1-4-13-10(9-11)5-8-18-13/h1,4,9,12H,2-3,5-8,15H2. The van der Waals surface area contributed by atoms with Gasteiger partial charge in [0.2, 0.25) is 0 Å². The van der Waals surface area contributed by atoms with Crippen molar-refractivity contribution in [1.29, 1.82) is 0 Å². The molecule has 1 heterocycles. The van der Waals surface area contributed by atoms with Gasteiger partial charge < -0.3 is 15.4 Å². The van der Waals surface area contributed by atoms with Crippen LogP contribution >= 0.6 is 0 Å². The number of nitrogens with zero attached hydrogens (tertiary/aromatic N) is 1. The number of fused-ring (bicyclic) bond motifs is 1. The molecule has 4 nitrogen and oxygen atoms in total. The molecule has 1 fully saturated rings. The molecule has 1 aliphatic carbocycles. The molecule has 18 heavy (non-hydrogen) atoms. The fourth-order valence-corrected chi connectivity index (χ4v) is 2.46. The van der Waals surface area contributed by atoms with Gasteiger partial charge in [-0.25, -0.2) is 0 Å². The van der Waals surface area contributed by atoms with Crippen LogP contribution in [0.3, 0.4) is 0 Å². The Morgan fingerprint density at radius 1 is 1.44 bits per heavy atom. The molecule has 1 aromatic rings. The summed E-state index contributed by atoms with van der Waals surface area (Å²) in [5.41, 5.74) is 7.49. The largest absolute Gasteiger partial charge is 0.493 e. The number of benzene rings is 1. The topological polar surface area (TPSA) is 55.6 Å². The Morgan fingerprint density at radius 2 is 2.28 bits per heavy atom. The lowest BCUT2D eigenvalue weighted by molar-refractivity contribution is 0.0748. The van der Waals surface area contributed by atoms with Gasteiger partial charge in [-0.3, -0.25) is 4.79 Å². The summed E-state index contributed by atoms with van der Waals surface area (Å²) in [6, 6.07) is 6.14. The van der Waals surface area contributed by atoms with E-state index in [0.29, 0.717) is 19.1 Å². The van der Waals surface area contributed by atoms with Crippen molar-refractivity contribution in [2.45, 2.75) is 25.3 Å². The van der Waals surface area contributed by atoms with Crippen LogP contribution in [-0.2, 0) is 6.42 Å². The number of carbonyl (C=O) groups is 1. The molecule has 3 rings (SSSR count). The molecule has 0 saturated heterocycles. The van der Waals surface area contributed by atoms with Crippen LogP contribution in [-0.4, -0.2) is 36.5 Å². The third kappa shape index (κ3) is 2.08. The summed E-state index contributed by atoms with van der Waals surface area (Å²) in [5.74, 6) is 1.03. The van der Waals surface area contributed by atoms with Crippen LogP contribution in [0.2, 0.25) is 0 Å². The number of hydrogen-bond donors (Lipinski definition) is 1. The fourth-order valence-electron chi connectivity index (χ4n) is 2.46. The second-order valence-corrected chi connectivity index (χ2v) is 4.94. The first-order valence-corrected chi connectivity index (χ1v) is 6.56. The number of amides is 1. The van der Waals surface area contributed by atoms with Crippen LogP contribution in [0, 0.1) is 0 Å². The maximum Gasteiger partial charge on any atom is 0.254 e. The maximum absolute atomic E-state index is 12.4. The third-order valence-electron chi connectivity index (χ3n) is 3.55. The minimum absolute atomic E-state index is 0.109. The molecule has 2 N–H and O–H groups in total. The molecule has 0 bridgehead atoms. The van der Waals surface area contributed by atoms with Gasteiger partial charge in [0, 0.05) is 31.1 Å². The van der Waals surface area contributed by atoms with Crippen molar-refractivity contribution >= 4 is 5.91 Å². The van der Waals surface area contributed by atoms with E-state index in [1.165, 1.54) is 0 Å². The molecule has 0 unspecified atom stereocenters. The van der Waals surface area contributed by atoms with Gasteiger partial charge in [-0.2, -0.15) is 0 Å². The highest BCUT2D eigenvalue weighted by Gasteiger charge is 2.32. The molecule has 0 atom stereocenters. The summed E-state index contributed by atoms with van der Waals surface area (Å²) in [5, 5.41) is 0. The van der Waals surface area contributed by atoms with E-state index in [-0.39, 0.29) is 5.91 Å². The van der Waals surface area contributed by atoms with Gasteiger partial charge in [-0.1, -0.05) is 0 Å². The second kappa shape index (κ2) is 4.61. The van der Waals surface area contributed by atoms with Gasteiger partial charge in [0.1, 0.15) is 5.75 Å². The molecule has 1 aliphatic heterocycles. The third-order valence-corrected chi connectivity index (χ3v) is 3.55. The number of rotatable bonds is 4. The number of carbonyl (C=O) groups excluding carboxylic acids is 1. The van der Waals surface area contributed by atoms with E-state index in [4.69, 9.17) is 10.5 Å². The monoisotopic (exact) mass is 246 g/mol. The Kier molecular flexibility index (Phi) is 2.96. The van der Waals surface area contributed by atoms with Crippen LogP contribution < -0.4 is 10.5 Å². The van der Waals surface area contributed by atoms with E-state index in [2.05, 4.69) is 0 Å². The summed E-state index contributed by atoms with van der Waals surface area (Å²) >= 11 is 0. The van der Waals surface area contributed by atoms with Crippen molar-refractivity contribution in [1.82, 2.24) is 4.90 Å². The van der Waals surface area contributed by atoms with E-state index in [1.54, 1.807) is 0 Å². The van der Waals surface area contributed by atoms with Crippen LogP contribution in [0.25, 0.3) is 0 Å². The Labute approximate surface area is 107 Å². The maximum atomic E-state index is 12.4. The van der Waals surface area contributed by atoms with E-state index in [1.807, 2.05) is 23.1 Å². The Bertz CT molecular complexity index is 469. The summed E-state index contributed by atoms with van der Waals surface area (Å²) in [7, 11) is 0. The van der Waals surface area contributed by atoms with Gasteiger partial charge in [0.25, 0.3) is 5.91 Å². The minimum atomic E-state index is 0.109. The zero-order chi connectivity index (χ0) is 12.5. The van der Waals surface area contributed by atoms with E-state index >= 15 is 0 Å². The smallest absolute Gasteiger partial charge is 0.254 e. The van der Waals surface area contributed by atoms with Gasteiger partial charge in [0.15, 0.2) is 0 Å². The zero-order valence-corrected chi connectivity index (χ0v) is 10.4. The van der Waals surface area contributed by atoms with Crippen LogP contribution in [0.15, 0.2) is 18.2 Å². The second-order valence-electron chi connectivity index (χ2n) is 4.94. The first-order valence-electron chi connectivity index (χ1n) is 6.56. The molecule has 1 aromatic carbocycles. The first-order chi connectivity index (χ1) is 8.79. The summed E-state index contributed by atoms with van der Waals surface area (Å²) in [6.45, 7) is 1.90. The van der Waals surface area contributed by atoms with Crippen LogP contribution in [0.4, 0.5) is 0 Å². The molecule has 0 aromatic heterocycles. The van der Waals surface area contributed by atoms with E-state index < -0.39 is 0 Å². The fraction of sp³-hybridized carbons (Fsp3) is 0.500. The highest BCUT2D eigenvalue weighted by Crippen LogP contribution is 2.30. The highest BCUT2D eigenvalue weighted by molar-refractivity contribution is 5.95. The number of hydrogen-bond acceptors (Lipinski definition) is 3. The molecule has 0 radical (unpaired) electrons. The predicted molar refractivity (Wildman–Crippen MR) is 68.8 cm³/mol. The number of ether oxygens (including phenoxy) is 1. The first kappa shape index (κ1) is 11.5. The SMILES string of the molecule is NCCN(C(=O)c1ccc2c(c1)CCO2)C1CC1. The molecular formula is C14H18N2O2. The molecule has 2 aliphatic rings. The molecule has 96 valence electrons. The van der Waals surface area contributed by atoms with Crippen molar-refractivity contribution in [3.05, 3.63) is 29.3 Å². The van der Waals surface area contributed by atoms with Gasteiger partial charge in [-0.15, -0.1) is 0 Å². The van der Waals surface area contributed by atoms with Crippen molar-refractivity contribution in [3.63, 3.8) is 0 Å². The summed E-state index contributed by atoms with van der Waals surface area (Å²) in [4.78, 5) is 14.4.